The number of carbonyl (C=O) groups excluding carboxylic acids is 1. The topological polar surface area (TPSA) is 46.3 Å². The molecule has 3 nitrogen and oxygen atoms in total. The SMILES string of the molecule is CCC(CC)N(C)C(=O)CC(N)C1CC1. The minimum atomic E-state index is 0.0920. The van der Waals surface area contributed by atoms with E-state index in [0.717, 1.165) is 12.8 Å². The molecule has 1 atom stereocenters. The van der Waals surface area contributed by atoms with E-state index in [1.165, 1.54) is 12.8 Å². The Morgan fingerprint density at radius 1 is 1.40 bits per heavy atom. The largest absolute Gasteiger partial charge is 0.343 e. The first-order valence-electron chi connectivity index (χ1n) is 6.11. The van der Waals surface area contributed by atoms with Gasteiger partial charge in [0.1, 0.15) is 0 Å². The molecule has 15 heavy (non-hydrogen) atoms. The molecule has 0 bridgehead atoms. The fraction of sp³-hybridized carbons (Fsp3) is 0.917. The molecule has 1 unspecified atom stereocenters. The Morgan fingerprint density at radius 3 is 2.33 bits per heavy atom. The zero-order valence-electron chi connectivity index (χ0n) is 10.2. The van der Waals surface area contributed by atoms with Crippen molar-refractivity contribution in [2.45, 2.75) is 58.0 Å². The Kier molecular flexibility index (Phi) is 4.58. The number of hydrogen-bond donors (Lipinski definition) is 1. The second-order valence-electron chi connectivity index (χ2n) is 4.68. The molecule has 1 amide bonds. The highest BCUT2D eigenvalue weighted by Gasteiger charge is 2.31. The lowest BCUT2D eigenvalue weighted by atomic mass is 10.1. The maximum Gasteiger partial charge on any atom is 0.224 e. The van der Waals surface area contributed by atoms with Crippen LogP contribution in [-0.4, -0.2) is 29.9 Å². The van der Waals surface area contributed by atoms with Crippen LogP contribution in [0.1, 0.15) is 46.0 Å². The summed E-state index contributed by atoms with van der Waals surface area (Å²) in [5.74, 6) is 0.826. The molecule has 1 rings (SSSR count). The first-order chi connectivity index (χ1) is 7.10. The Balaban J connectivity index is 2.36. The van der Waals surface area contributed by atoms with Crippen molar-refractivity contribution in [2.24, 2.45) is 11.7 Å². The summed E-state index contributed by atoms with van der Waals surface area (Å²) in [4.78, 5) is 13.8. The lowest BCUT2D eigenvalue weighted by Gasteiger charge is -2.27. The van der Waals surface area contributed by atoms with E-state index in [9.17, 15) is 4.79 Å². The van der Waals surface area contributed by atoms with Crippen molar-refractivity contribution in [3.05, 3.63) is 0 Å². The highest BCUT2D eigenvalue weighted by Crippen LogP contribution is 2.33. The molecular weight excluding hydrogens is 188 g/mol. The predicted octanol–water partition coefficient (Wildman–Crippen LogP) is 1.76. The third-order valence-electron chi connectivity index (χ3n) is 3.52. The van der Waals surface area contributed by atoms with E-state index < -0.39 is 0 Å². The molecule has 1 aliphatic carbocycles. The van der Waals surface area contributed by atoms with Crippen LogP contribution in [0.15, 0.2) is 0 Å². The van der Waals surface area contributed by atoms with E-state index in [-0.39, 0.29) is 11.9 Å². The quantitative estimate of drug-likeness (QED) is 0.729. The third kappa shape index (κ3) is 3.49. The molecule has 0 heterocycles. The number of amides is 1. The minimum Gasteiger partial charge on any atom is -0.343 e. The fourth-order valence-corrected chi connectivity index (χ4v) is 2.08. The van der Waals surface area contributed by atoms with Crippen LogP contribution in [0, 0.1) is 5.92 Å². The smallest absolute Gasteiger partial charge is 0.224 e. The molecule has 3 heteroatoms. The molecule has 0 spiro atoms. The van der Waals surface area contributed by atoms with Crippen LogP contribution < -0.4 is 5.73 Å². The molecular formula is C12H24N2O. The second kappa shape index (κ2) is 5.50. The summed E-state index contributed by atoms with van der Waals surface area (Å²) in [7, 11) is 1.90. The van der Waals surface area contributed by atoms with Crippen LogP contribution >= 0.6 is 0 Å². The first kappa shape index (κ1) is 12.5. The molecule has 0 aromatic rings. The van der Waals surface area contributed by atoms with Crippen molar-refractivity contribution in [3.63, 3.8) is 0 Å². The van der Waals surface area contributed by atoms with Gasteiger partial charge in [0.05, 0.1) is 0 Å². The van der Waals surface area contributed by atoms with Gasteiger partial charge in [0.25, 0.3) is 0 Å². The lowest BCUT2D eigenvalue weighted by Crippen LogP contribution is -2.40. The summed E-state index contributed by atoms with van der Waals surface area (Å²) < 4.78 is 0. The fourth-order valence-electron chi connectivity index (χ4n) is 2.08. The number of rotatable bonds is 6. The normalized spacial score (nSPS) is 17.9. The van der Waals surface area contributed by atoms with Crippen molar-refractivity contribution < 1.29 is 4.79 Å². The lowest BCUT2D eigenvalue weighted by molar-refractivity contribution is -0.132. The molecule has 1 fully saturated rings. The van der Waals surface area contributed by atoms with Crippen molar-refractivity contribution in [1.82, 2.24) is 4.90 Å². The van der Waals surface area contributed by atoms with Gasteiger partial charge in [-0.2, -0.15) is 0 Å². The maximum absolute atomic E-state index is 11.9. The van der Waals surface area contributed by atoms with Crippen LogP contribution in [0.25, 0.3) is 0 Å². The Hall–Kier alpha value is -0.570. The molecule has 1 saturated carbocycles. The van der Waals surface area contributed by atoms with Crippen LogP contribution in [0.3, 0.4) is 0 Å². The van der Waals surface area contributed by atoms with Gasteiger partial charge < -0.3 is 10.6 Å². The molecule has 0 aromatic heterocycles. The van der Waals surface area contributed by atoms with Gasteiger partial charge in [-0.1, -0.05) is 13.8 Å². The van der Waals surface area contributed by atoms with Crippen molar-refractivity contribution >= 4 is 5.91 Å². The highest BCUT2D eigenvalue weighted by atomic mass is 16.2. The van der Waals surface area contributed by atoms with Gasteiger partial charge >= 0.3 is 0 Å². The monoisotopic (exact) mass is 212 g/mol. The Labute approximate surface area is 93.0 Å². The van der Waals surface area contributed by atoms with Gasteiger partial charge in [0.2, 0.25) is 5.91 Å². The van der Waals surface area contributed by atoms with Crippen LogP contribution in [-0.2, 0) is 4.79 Å². The van der Waals surface area contributed by atoms with E-state index in [2.05, 4.69) is 13.8 Å². The summed E-state index contributed by atoms with van der Waals surface area (Å²) in [5, 5.41) is 0. The van der Waals surface area contributed by atoms with E-state index in [1.54, 1.807) is 0 Å². The summed E-state index contributed by atoms with van der Waals surface area (Å²) in [6.45, 7) is 4.25. The second-order valence-corrected chi connectivity index (χ2v) is 4.68. The molecule has 0 saturated heterocycles. The van der Waals surface area contributed by atoms with Gasteiger partial charge in [-0.3, -0.25) is 4.79 Å². The zero-order chi connectivity index (χ0) is 11.4. The standard InChI is InChI=1S/C12H24N2O/c1-4-10(5-2)14(3)12(15)8-11(13)9-6-7-9/h9-11H,4-8,13H2,1-3H3. The van der Waals surface area contributed by atoms with Crippen molar-refractivity contribution in [3.8, 4) is 0 Å². The summed E-state index contributed by atoms with van der Waals surface area (Å²) in [6, 6.07) is 0.471. The van der Waals surface area contributed by atoms with Gasteiger partial charge in [-0.15, -0.1) is 0 Å². The Morgan fingerprint density at radius 2 is 1.93 bits per heavy atom. The number of nitrogens with zero attached hydrogens (tertiary/aromatic N) is 1. The van der Waals surface area contributed by atoms with E-state index in [1.807, 2.05) is 11.9 Å². The van der Waals surface area contributed by atoms with Crippen molar-refractivity contribution in [1.29, 1.82) is 0 Å². The third-order valence-corrected chi connectivity index (χ3v) is 3.52. The van der Waals surface area contributed by atoms with Crippen LogP contribution in [0.4, 0.5) is 0 Å². The van der Waals surface area contributed by atoms with E-state index >= 15 is 0 Å². The molecule has 0 aliphatic heterocycles. The number of nitrogens with two attached hydrogens (primary N) is 1. The predicted molar refractivity (Wildman–Crippen MR) is 62.5 cm³/mol. The summed E-state index contributed by atoms with van der Waals surface area (Å²) >= 11 is 0. The van der Waals surface area contributed by atoms with Crippen LogP contribution in [0.5, 0.6) is 0 Å². The number of carbonyl (C=O) groups is 1. The van der Waals surface area contributed by atoms with E-state index in [4.69, 9.17) is 5.73 Å². The van der Waals surface area contributed by atoms with Gasteiger partial charge in [0.15, 0.2) is 0 Å². The zero-order valence-corrected chi connectivity index (χ0v) is 10.2. The average Bonchev–Trinajstić information content (AvgIpc) is 3.02. The van der Waals surface area contributed by atoms with Crippen molar-refractivity contribution in [2.75, 3.05) is 7.05 Å². The maximum atomic E-state index is 11.9. The highest BCUT2D eigenvalue weighted by molar-refractivity contribution is 5.76. The first-order valence-corrected chi connectivity index (χ1v) is 6.11. The number of hydrogen-bond acceptors (Lipinski definition) is 2. The van der Waals surface area contributed by atoms with Crippen LogP contribution in [0.2, 0.25) is 0 Å². The molecule has 1 aliphatic rings. The molecule has 0 radical (unpaired) electrons. The molecule has 88 valence electrons. The summed E-state index contributed by atoms with van der Waals surface area (Å²) in [6.07, 6.45) is 5.00. The van der Waals surface area contributed by atoms with E-state index in [0.29, 0.717) is 18.4 Å². The van der Waals surface area contributed by atoms with Gasteiger partial charge in [-0.25, -0.2) is 0 Å². The molecule has 2 N–H and O–H groups in total. The Bertz CT molecular complexity index is 210. The molecule has 0 aromatic carbocycles. The summed E-state index contributed by atoms with van der Waals surface area (Å²) in [5.41, 5.74) is 5.95. The van der Waals surface area contributed by atoms with Gasteiger partial charge in [-0.05, 0) is 31.6 Å². The van der Waals surface area contributed by atoms with Gasteiger partial charge in [0, 0.05) is 25.6 Å². The average molecular weight is 212 g/mol. The minimum absolute atomic E-state index is 0.0920.